The van der Waals surface area contributed by atoms with Crippen LogP contribution >= 0.6 is 0 Å². The monoisotopic (exact) mass is 359 g/mol. The van der Waals surface area contributed by atoms with Crippen molar-refractivity contribution in [3.05, 3.63) is 52.3 Å². The van der Waals surface area contributed by atoms with Crippen molar-refractivity contribution in [1.82, 2.24) is 19.7 Å². The third kappa shape index (κ3) is 3.86. The Kier molecular flexibility index (Phi) is 5.23. The summed E-state index contributed by atoms with van der Waals surface area (Å²) in [5.74, 6) is 1.94. The Morgan fingerprint density at radius 3 is 2.73 bits per heavy atom. The van der Waals surface area contributed by atoms with E-state index < -0.39 is 4.92 Å². The maximum atomic E-state index is 10.9. The lowest BCUT2D eigenvalue weighted by Crippen LogP contribution is -2.10. The maximum absolute atomic E-state index is 10.9. The molecule has 10 nitrogen and oxygen atoms in total. The summed E-state index contributed by atoms with van der Waals surface area (Å²) < 4.78 is 17.6. The molecule has 3 aromatic rings. The summed E-state index contributed by atoms with van der Waals surface area (Å²) >= 11 is 0. The number of nitro groups is 1. The van der Waals surface area contributed by atoms with E-state index >= 15 is 0 Å². The molecule has 3 rings (SSSR count). The molecule has 26 heavy (non-hydrogen) atoms. The molecule has 0 fully saturated rings. The van der Waals surface area contributed by atoms with Crippen LogP contribution in [0.15, 0.2) is 34.9 Å². The van der Waals surface area contributed by atoms with E-state index in [0.717, 1.165) is 11.3 Å². The zero-order chi connectivity index (χ0) is 18.5. The standard InChI is InChI=1S/C16H17N5O5/c1-11-17-9-15(21(22)23)20(11)7-8-25-10-14-18-19-16(26-14)12-3-5-13(24-2)6-4-12/h3-6,9H,7-8,10H2,1-2H3. The van der Waals surface area contributed by atoms with E-state index in [0.29, 0.717) is 24.2 Å². The fourth-order valence-electron chi connectivity index (χ4n) is 2.36. The molecule has 0 bridgehead atoms. The topological polar surface area (TPSA) is 118 Å². The lowest BCUT2D eigenvalue weighted by atomic mass is 10.2. The molecular weight excluding hydrogens is 342 g/mol. The van der Waals surface area contributed by atoms with E-state index in [1.54, 1.807) is 26.2 Å². The van der Waals surface area contributed by atoms with Gasteiger partial charge in [-0.15, -0.1) is 10.2 Å². The smallest absolute Gasteiger partial charge is 0.342 e. The second-order valence-corrected chi connectivity index (χ2v) is 5.35. The molecule has 0 atom stereocenters. The van der Waals surface area contributed by atoms with Crippen LogP contribution in [-0.4, -0.2) is 38.4 Å². The van der Waals surface area contributed by atoms with Gasteiger partial charge in [0.05, 0.1) is 13.7 Å². The highest BCUT2D eigenvalue weighted by molar-refractivity contribution is 5.53. The van der Waals surface area contributed by atoms with Crippen molar-refractivity contribution in [3.8, 4) is 17.2 Å². The lowest BCUT2D eigenvalue weighted by Gasteiger charge is -2.03. The molecule has 0 amide bonds. The average Bonchev–Trinajstić information content (AvgIpc) is 3.26. The van der Waals surface area contributed by atoms with Crippen LogP contribution in [0.3, 0.4) is 0 Å². The lowest BCUT2D eigenvalue weighted by molar-refractivity contribution is -0.392. The molecule has 2 heterocycles. The maximum Gasteiger partial charge on any atom is 0.342 e. The van der Waals surface area contributed by atoms with Gasteiger partial charge in [0.25, 0.3) is 0 Å². The number of aromatic nitrogens is 4. The number of ether oxygens (including phenoxy) is 2. The molecular formula is C16H17N5O5. The van der Waals surface area contributed by atoms with Crippen molar-refractivity contribution in [1.29, 1.82) is 0 Å². The minimum absolute atomic E-state index is 0.0642. The summed E-state index contributed by atoms with van der Waals surface area (Å²) in [4.78, 5) is 14.4. The molecule has 0 saturated carbocycles. The van der Waals surface area contributed by atoms with Crippen LogP contribution in [0, 0.1) is 17.0 Å². The number of methoxy groups -OCH3 is 1. The van der Waals surface area contributed by atoms with Crippen LogP contribution in [0.25, 0.3) is 11.5 Å². The number of hydrogen-bond donors (Lipinski definition) is 0. The largest absolute Gasteiger partial charge is 0.497 e. The predicted molar refractivity (Wildman–Crippen MR) is 89.6 cm³/mol. The van der Waals surface area contributed by atoms with Gasteiger partial charge >= 0.3 is 5.82 Å². The van der Waals surface area contributed by atoms with Crippen LogP contribution in [0.4, 0.5) is 5.82 Å². The summed E-state index contributed by atoms with van der Waals surface area (Å²) in [5, 5.41) is 18.8. The Morgan fingerprint density at radius 1 is 1.27 bits per heavy atom. The molecule has 0 aliphatic heterocycles. The van der Waals surface area contributed by atoms with Gasteiger partial charge in [0.1, 0.15) is 25.1 Å². The van der Waals surface area contributed by atoms with Crippen molar-refractivity contribution in [3.63, 3.8) is 0 Å². The fourth-order valence-corrected chi connectivity index (χ4v) is 2.36. The van der Waals surface area contributed by atoms with E-state index in [1.165, 1.54) is 10.8 Å². The Labute approximate surface area is 148 Å². The van der Waals surface area contributed by atoms with Crippen molar-refractivity contribution in [2.24, 2.45) is 0 Å². The van der Waals surface area contributed by atoms with E-state index in [2.05, 4.69) is 15.2 Å². The molecule has 0 spiro atoms. The third-order valence-electron chi connectivity index (χ3n) is 3.71. The average molecular weight is 359 g/mol. The highest BCUT2D eigenvalue weighted by Gasteiger charge is 2.17. The van der Waals surface area contributed by atoms with Crippen LogP contribution in [-0.2, 0) is 17.9 Å². The minimum atomic E-state index is -0.473. The van der Waals surface area contributed by atoms with E-state index in [4.69, 9.17) is 13.9 Å². The zero-order valence-corrected chi connectivity index (χ0v) is 14.3. The summed E-state index contributed by atoms with van der Waals surface area (Å²) in [6.45, 7) is 2.37. The number of imidazole rings is 1. The third-order valence-corrected chi connectivity index (χ3v) is 3.71. The first kappa shape index (κ1) is 17.5. The summed E-state index contributed by atoms with van der Waals surface area (Å²) in [6, 6.07) is 7.24. The molecule has 136 valence electrons. The van der Waals surface area contributed by atoms with Gasteiger partial charge in [-0.2, -0.15) is 0 Å². The van der Waals surface area contributed by atoms with Crippen molar-refractivity contribution in [2.45, 2.75) is 20.1 Å². The number of hydrogen-bond acceptors (Lipinski definition) is 8. The minimum Gasteiger partial charge on any atom is -0.497 e. The van der Waals surface area contributed by atoms with Crippen molar-refractivity contribution in [2.75, 3.05) is 13.7 Å². The van der Waals surface area contributed by atoms with Gasteiger partial charge in [-0.05, 0) is 29.2 Å². The van der Waals surface area contributed by atoms with E-state index in [-0.39, 0.29) is 19.0 Å². The number of nitrogens with zero attached hydrogens (tertiary/aromatic N) is 5. The number of rotatable bonds is 8. The quantitative estimate of drug-likeness (QED) is 0.342. The molecule has 0 aliphatic rings. The second kappa shape index (κ2) is 7.74. The highest BCUT2D eigenvalue weighted by Crippen LogP contribution is 2.21. The SMILES string of the molecule is COc1ccc(-c2nnc(COCCn3c([N+](=O)[O-])cnc3C)o2)cc1. The van der Waals surface area contributed by atoms with Gasteiger partial charge in [-0.3, -0.25) is 0 Å². The first-order valence-corrected chi connectivity index (χ1v) is 7.79. The van der Waals surface area contributed by atoms with Crippen LogP contribution in [0.1, 0.15) is 11.7 Å². The summed E-state index contributed by atoms with van der Waals surface area (Å²) in [7, 11) is 1.59. The van der Waals surface area contributed by atoms with Crippen LogP contribution < -0.4 is 4.74 Å². The molecule has 0 N–H and O–H groups in total. The van der Waals surface area contributed by atoms with Crippen molar-refractivity contribution >= 4 is 5.82 Å². The zero-order valence-electron chi connectivity index (χ0n) is 14.3. The molecule has 0 radical (unpaired) electrons. The van der Waals surface area contributed by atoms with Crippen molar-refractivity contribution < 1.29 is 18.8 Å². The summed E-state index contributed by atoms with van der Waals surface area (Å²) in [5.41, 5.74) is 0.772. The van der Waals surface area contributed by atoms with Gasteiger partial charge in [0.15, 0.2) is 5.82 Å². The molecule has 2 aromatic heterocycles. The normalized spacial score (nSPS) is 10.8. The molecule has 1 aromatic carbocycles. The Balaban J connectivity index is 1.54. The fraction of sp³-hybridized carbons (Fsp3) is 0.312. The Morgan fingerprint density at radius 2 is 2.04 bits per heavy atom. The van der Waals surface area contributed by atoms with Gasteiger partial charge < -0.3 is 24.0 Å². The van der Waals surface area contributed by atoms with Gasteiger partial charge in [0, 0.05) is 12.5 Å². The first-order valence-electron chi connectivity index (χ1n) is 7.79. The molecule has 0 aliphatic carbocycles. The highest BCUT2D eigenvalue weighted by atomic mass is 16.6. The molecule has 10 heteroatoms. The number of aryl methyl sites for hydroxylation is 1. The Bertz CT molecular complexity index is 887. The second-order valence-electron chi connectivity index (χ2n) is 5.35. The van der Waals surface area contributed by atoms with Crippen LogP contribution in [0.5, 0.6) is 5.75 Å². The van der Waals surface area contributed by atoms with Gasteiger partial charge in [-0.1, -0.05) is 0 Å². The van der Waals surface area contributed by atoms with Gasteiger partial charge in [-0.25, -0.2) is 9.55 Å². The molecule has 0 saturated heterocycles. The van der Waals surface area contributed by atoms with Gasteiger partial charge in [0.2, 0.25) is 11.8 Å². The Hall–Kier alpha value is -3.27. The summed E-state index contributed by atoms with van der Waals surface area (Å²) in [6.07, 6.45) is 1.23. The number of benzene rings is 1. The first-order chi connectivity index (χ1) is 12.6. The molecule has 0 unspecified atom stereocenters. The predicted octanol–water partition coefficient (Wildman–Crippen LogP) is 2.38. The van der Waals surface area contributed by atoms with E-state index in [9.17, 15) is 10.1 Å². The van der Waals surface area contributed by atoms with Crippen LogP contribution in [0.2, 0.25) is 0 Å². The van der Waals surface area contributed by atoms with E-state index in [1.807, 2.05) is 12.1 Å².